The molecule has 0 aliphatic carbocycles. The number of benzene rings is 1. The van der Waals surface area contributed by atoms with Gasteiger partial charge in [-0.3, -0.25) is 4.79 Å². The summed E-state index contributed by atoms with van der Waals surface area (Å²) in [6, 6.07) is 9.31. The molecule has 1 aromatic rings. The molecule has 0 saturated heterocycles. The van der Waals surface area contributed by atoms with Crippen molar-refractivity contribution in [2.45, 2.75) is 19.8 Å². The van der Waals surface area contributed by atoms with Crippen molar-refractivity contribution in [3.8, 4) is 0 Å². The van der Waals surface area contributed by atoms with Crippen LogP contribution in [-0.4, -0.2) is 22.2 Å². The zero-order valence-corrected chi connectivity index (χ0v) is 9.67. The molecule has 0 spiro atoms. The molecule has 92 valence electrons. The average molecular weight is 236 g/mol. The van der Waals surface area contributed by atoms with Gasteiger partial charge < -0.3 is 10.2 Å². The SMILES string of the molecule is CCCC(=O)O.O=C(O)C=Cc1ccccc1. The second-order valence-electron chi connectivity index (χ2n) is 3.23. The summed E-state index contributed by atoms with van der Waals surface area (Å²) < 4.78 is 0. The van der Waals surface area contributed by atoms with Crippen LogP contribution in [0.4, 0.5) is 0 Å². The molecule has 0 aliphatic rings. The number of aliphatic carboxylic acids is 2. The highest BCUT2D eigenvalue weighted by atomic mass is 16.4. The highest BCUT2D eigenvalue weighted by Crippen LogP contribution is 1.99. The van der Waals surface area contributed by atoms with Gasteiger partial charge in [0.2, 0.25) is 0 Å². The molecule has 0 aliphatic heterocycles. The van der Waals surface area contributed by atoms with Gasteiger partial charge in [0.15, 0.2) is 0 Å². The van der Waals surface area contributed by atoms with E-state index in [0.29, 0.717) is 6.42 Å². The van der Waals surface area contributed by atoms with Crippen molar-refractivity contribution in [1.82, 2.24) is 0 Å². The average Bonchev–Trinajstić information content (AvgIpc) is 2.28. The number of carboxylic acids is 2. The first-order chi connectivity index (χ1) is 8.06. The Morgan fingerprint density at radius 2 is 1.76 bits per heavy atom. The van der Waals surface area contributed by atoms with E-state index >= 15 is 0 Å². The van der Waals surface area contributed by atoms with Gasteiger partial charge in [0.05, 0.1) is 0 Å². The Labute approximate surface area is 100 Å². The van der Waals surface area contributed by atoms with Gasteiger partial charge in [-0.15, -0.1) is 0 Å². The minimum absolute atomic E-state index is 0.292. The lowest BCUT2D eigenvalue weighted by Gasteiger charge is -1.87. The van der Waals surface area contributed by atoms with Gasteiger partial charge in [-0.25, -0.2) is 4.79 Å². The molecule has 0 saturated carbocycles. The largest absolute Gasteiger partial charge is 0.481 e. The number of rotatable bonds is 4. The molecule has 0 fully saturated rings. The zero-order valence-electron chi connectivity index (χ0n) is 9.67. The highest BCUT2D eigenvalue weighted by molar-refractivity contribution is 5.85. The monoisotopic (exact) mass is 236 g/mol. The van der Waals surface area contributed by atoms with Gasteiger partial charge in [0, 0.05) is 12.5 Å². The Balaban J connectivity index is 0.000000366. The third-order valence-electron chi connectivity index (χ3n) is 1.68. The van der Waals surface area contributed by atoms with Crippen LogP contribution in [0.3, 0.4) is 0 Å². The maximum atomic E-state index is 10.1. The lowest BCUT2D eigenvalue weighted by atomic mass is 10.2. The molecule has 0 aromatic heterocycles. The lowest BCUT2D eigenvalue weighted by molar-refractivity contribution is -0.137. The smallest absolute Gasteiger partial charge is 0.328 e. The quantitative estimate of drug-likeness (QED) is 0.788. The van der Waals surface area contributed by atoms with Crippen LogP contribution in [0.2, 0.25) is 0 Å². The number of hydrogen-bond acceptors (Lipinski definition) is 2. The van der Waals surface area contributed by atoms with E-state index in [9.17, 15) is 9.59 Å². The van der Waals surface area contributed by atoms with E-state index in [1.807, 2.05) is 37.3 Å². The summed E-state index contributed by atoms with van der Waals surface area (Å²) in [6.45, 7) is 1.84. The van der Waals surface area contributed by atoms with Crippen LogP contribution in [0, 0.1) is 0 Å². The van der Waals surface area contributed by atoms with Gasteiger partial charge >= 0.3 is 11.9 Å². The molecule has 0 amide bonds. The normalized spacial score (nSPS) is 9.47. The highest BCUT2D eigenvalue weighted by Gasteiger charge is 1.87. The van der Waals surface area contributed by atoms with Crippen LogP contribution < -0.4 is 0 Å². The minimum Gasteiger partial charge on any atom is -0.481 e. The maximum absolute atomic E-state index is 10.1. The third kappa shape index (κ3) is 10.2. The van der Waals surface area contributed by atoms with Crippen molar-refractivity contribution in [1.29, 1.82) is 0 Å². The van der Waals surface area contributed by atoms with Crippen LogP contribution >= 0.6 is 0 Å². The molecule has 0 unspecified atom stereocenters. The van der Waals surface area contributed by atoms with Crippen molar-refractivity contribution < 1.29 is 19.8 Å². The minimum atomic E-state index is -0.922. The van der Waals surface area contributed by atoms with Crippen LogP contribution in [0.15, 0.2) is 36.4 Å². The first-order valence-electron chi connectivity index (χ1n) is 5.24. The molecule has 2 N–H and O–H groups in total. The predicted molar refractivity (Wildman–Crippen MR) is 65.7 cm³/mol. The molecule has 4 nitrogen and oxygen atoms in total. The lowest BCUT2D eigenvalue weighted by Crippen LogP contribution is -1.90. The molecular formula is C13H16O4. The molecule has 0 bridgehead atoms. The van der Waals surface area contributed by atoms with Crippen LogP contribution in [0.5, 0.6) is 0 Å². The van der Waals surface area contributed by atoms with E-state index in [1.54, 1.807) is 6.08 Å². The molecule has 1 rings (SSSR count). The van der Waals surface area contributed by atoms with E-state index in [1.165, 1.54) is 0 Å². The van der Waals surface area contributed by atoms with Crippen molar-refractivity contribution in [2.24, 2.45) is 0 Å². The molecular weight excluding hydrogens is 220 g/mol. The van der Waals surface area contributed by atoms with Crippen molar-refractivity contribution in [3.05, 3.63) is 42.0 Å². The molecule has 0 heterocycles. The van der Waals surface area contributed by atoms with E-state index in [4.69, 9.17) is 10.2 Å². The predicted octanol–water partition coefficient (Wildman–Crippen LogP) is 2.66. The topological polar surface area (TPSA) is 74.6 Å². The van der Waals surface area contributed by atoms with Gasteiger partial charge in [0.25, 0.3) is 0 Å². The first kappa shape index (κ1) is 14.9. The second-order valence-corrected chi connectivity index (χ2v) is 3.23. The standard InChI is InChI=1S/C9H8O2.C4H8O2/c10-9(11)7-6-8-4-2-1-3-5-8;1-2-3-4(5)6/h1-7H,(H,10,11);2-3H2,1H3,(H,5,6). The van der Waals surface area contributed by atoms with Gasteiger partial charge in [-0.1, -0.05) is 37.3 Å². The molecule has 0 atom stereocenters. The van der Waals surface area contributed by atoms with Crippen LogP contribution in [-0.2, 0) is 9.59 Å². The van der Waals surface area contributed by atoms with Gasteiger partial charge in [-0.2, -0.15) is 0 Å². The fourth-order valence-electron chi connectivity index (χ4n) is 0.946. The summed E-state index contributed by atoms with van der Waals surface area (Å²) in [5.41, 5.74) is 0.898. The van der Waals surface area contributed by atoms with Crippen molar-refractivity contribution in [3.63, 3.8) is 0 Å². The van der Waals surface area contributed by atoms with E-state index < -0.39 is 11.9 Å². The Bertz CT molecular complexity index is 368. The Hall–Kier alpha value is -2.10. The second kappa shape index (κ2) is 9.15. The summed E-state index contributed by atoms with van der Waals surface area (Å²) in [7, 11) is 0. The fourth-order valence-corrected chi connectivity index (χ4v) is 0.946. The van der Waals surface area contributed by atoms with E-state index in [2.05, 4.69) is 0 Å². The molecule has 17 heavy (non-hydrogen) atoms. The molecule has 0 radical (unpaired) electrons. The summed E-state index contributed by atoms with van der Waals surface area (Å²) >= 11 is 0. The third-order valence-corrected chi connectivity index (χ3v) is 1.68. The van der Waals surface area contributed by atoms with Crippen molar-refractivity contribution >= 4 is 18.0 Å². The Kier molecular flexibility index (Phi) is 8.02. The van der Waals surface area contributed by atoms with Crippen LogP contribution in [0.1, 0.15) is 25.3 Å². The first-order valence-corrected chi connectivity index (χ1v) is 5.24. The molecule has 1 aromatic carbocycles. The van der Waals surface area contributed by atoms with E-state index in [-0.39, 0.29) is 0 Å². The summed E-state index contributed by atoms with van der Waals surface area (Å²) in [5.74, 6) is -1.63. The Morgan fingerprint density at radius 3 is 2.12 bits per heavy atom. The summed E-state index contributed by atoms with van der Waals surface area (Å²) in [6.07, 6.45) is 3.70. The summed E-state index contributed by atoms with van der Waals surface area (Å²) in [4.78, 5) is 19.7. The van der Waals surface area contributed by atoms with Crippen LogP contribution in [0.25, 0.3) is 6.08 Å². The number of carboxylic acid groups (broad SMARTS) is 2. The molecule has 4 heteroatoms. The van der Waals surface area contributed by atoms with Crippen molar-refractivity contribution in [2.75, 3.05) is 0 Å². The summed E-state index contributed by atoms with van der Waals surface area (Å²) in [5, 5.41) is 16.2. The number of hydrogen-bond donors (Lipinski definition) is 2. The fraction of sp³-hybridized carbons (Fsp3) is 0.231. The number of carbonyl (C=O) groups is 2. The van der Waals surface area contributed by atoms with Gasteiger partial charge in [-0.05, 0) is 18.1 Å². The van der Waals surface area contributed by atoms with Gasteiger partial charge in [0.1, 0.15) is 0 Å². The maximum Gasteiger partial charge on any atom is 0.328 e. The Morgan fingerprint density at radius 1 is 1.18 bits per heavy atom. The van der Waals surface area contributed by atoms with E-state index in [0.717, 1.165) is 18.1 Å². The zero-order chi connectivity index (χ0) is 13.1.